The van der Waals surface area contributed by atoms with Gasteiger partial charge in [0.2, 0.25) is 0 Å². The molecule has 2 nitrogen and oxygen atoms in total. The van der Waals surface area contributed by atoms with Crippen molar-refractivity contribution >= 4 is 0 Å². The molecule has 0 saturated carbocycles. The average molecular weight is 263 g/mol. The Hall–Kier alpha value is -1.02. The molecule has 0 amide bonds. The minimum Gasteiger partial charge on any atom is -0.489 e. The highest BCUT2D eigenvalue weighted by Gasteiger charge is 2.14. The summed E-state index contributed by atoms with van der Waals surface area (Å²) in [5, 5.41) is 3.50. The number of ether oxygens (including phenoxy) is 1. The van der Waals surface area contributed by atoms with Crippen LogP contribution in [-0.4, -0.2) is 18.2 Å². The molecule has 1 unspecified atom stereocenters. The van der Waals surface area contributed by atoms with Crippen LogP contribution >= 0.6 is 0 Å². The molecule has 1 N–H and O–H groups in total. The molecule has 0 radical (unpaired) electrons. The van der Waals surface area contributed by atoms with Crippen molar-refractivity contribution in [2.45, 2.75) is 65.5 Å². The summed E-state index contributed by atoms with van der Waals surface area (Å²) >= 11 is 0. The van der Waals surface area contributed by atoms with Crippen molar-refractivity contribution in [3.63, 3.8) is 0 Å². The van der Waals surface area contributed by atoms with Crippen LogP contribution in [0, 0.1) is 0 Å². The van der Waals surface area contributed by atoms with E-state index in [1.54, 1.807) is 0 Å². The van der Waals surface area contributed by atoms with Gasteiger partial charge >= 0.3 is 0 Å². The molecule has 0 heterocycles. The molecule has 1 aromatic carbocycles. The van der Waals surface area contributed by atoms with E-state index in [9.17, 15) is 0 Å². The summed E-state index contributed by atoms with van der Waals surface area (Å²) in [5.41, 5.74) is 1.49. The first-order chi connectivity index (χ1) is 8.81. The van der Waals surface area contributed by atoms with Gasteiger partial charge in [-0.2, -0.15) is 0 Å². The van der Waals surface area contributed by atoms with Crippen molar-refractivity contribution in [2.24, 2.45) is 0 Å². The Morgan fingerprint density at radius 1 is 1.11 bits per heavy atom. The zero-order chi connectivity index (χ0) is 14.5. The first-order valence-electron chi connectivity index (χ1n) is 7.33. The van der Waals surface area contributed by atoms with E-state index in [2.05, 4.69) is 71.1 Å². The Kier molecular flexibility index (Phi) is 5.86. The summed E-state index contributed by atoms with van der Waals surface area (Å²) in [4.78, 5) is 0. The van der Waals surface area contributed by atoms with Gasteiger partial charge in [-0.15, -0.1) is 0 Å². The van der Waals surface area contributed by atoms with E-state index in [4.69, 9.17) is 4.74 Å². The van der Waals surface area contributed by atoms with Gasteiger partial charge in [-0.1, -0.05) is 32.9 Å². The van der Waals surface area contributed by atoms with Crippen molar-refractivity contribution in [2.75, 3.05) is 6.54 Å². The molecule has 0 aromatic heterocycles. The lowest BCUT2D eigenvalue weighted by Gasteiger charge is -2.25. The van der Waals surface area contributed by atoms with Gasteiger partial charge in [-0.05, 0) is 50.8 Å². The zero-order valence-electron chi connectivity index (χ0n) is 13.3. The minimum absolute atomic E-state index is 0.137. The maximum atomic E-state index is 6.03. The lowest BCUT2D eigenvalue weighted by molar-refractivity contribution is 0.181. The molecule has 0 aliphatic heterocycles. The quantitative estimate of drug-likeness (QED) is 0.823. The maximum absolute atomic E-state index is 6.03. The minimum atomic E-state index is 0.137. The summed E-state index contributed by atoms with van der Waals surface area (Å²) in [6.07, 6.45) is 1.23. The average Bonchev–Trinajstić information content (AvgIpc) is 2.34. The van der Waals surface area contributed by atoms with Crippen LogP contribution in [0.25, 0.3) is 0 Å². The second-order valence-corrected chi connectivity index (χ2v) is 6.50. The number of nitrogens with one attached hydrogen (secondary N) is 1. The fraction of sp³-hybridized carbons (Fsp3) is 0.647. The Morgan fingerprint density at radius 2 is 1.68 bits per heavy atom. The van der Waals surface area contributed by atoms with Crippen molar-refractivity contribution in [1.82, 2.24) is 5.32 Å². The lowest BCUT2D eigenvalue weighted by atomic mass is 10.0. The van der Waals surface area contributed by atoms with E-state index in [0.717, 1.165) is 18.7 Å². The predicted octanol–water partition coefficient (Wildman–Crippen LogP) is 4.36. The van der Waals surface area contributed by atoms with E-state index < -0.39 is 0 Å². The van der Waals surface area contributed by atoms with Crippen LogP contribution in [0.15, 0.2) is 24.3 Å². The van der Waals surface area contributed by atoms with E-state index in [1.165, 1.54) is 5.56 Å². The van der Waals surface area contributed by atoms with Crippen molar-refractivity contribution in [1.29, 1.82) is 0 Å². The third kappa shape index (κ3) is 6.11. The van der Waals surface area contributed by atoms with E-state index in [0.29, 0.717) is 5.92 Å². The van der Waals surface area contributed by atoms with Crippen LogP contribution in [0.2, 0.25) is 0 Å². The molecule has 0 saturated heterocycles. The summed E-state index contributed by atoms with van der Waals surface area (Å²) in [5.74, 6) is 1.53. The number of hydrogen-bond donors (Lipinski definition) is 1. The first kappa shape index (κ1) is 16.0. The SMILES string of the molecule is CCC(CNC(C)(C)C)Oc1ccc(C(C)C)cc1. The summed E-state index contributed by atoms with van der Waals surface area (Å²) < 4.78 is 6.03. The molecule has 1 aromatic rings. The number of rotatable bonds is 6. The van der Waals surface area contributed by atoms with Crippen LogP contribution in [0.3, 0.4) is 0 Å². The number of hydrogen-bond acceptors (Lipinski definition) is 2. The second-order valence-electron chi connectivity index (χ2n) is 6.50. The van der Waals surface area contributed by atoms with E-state index in [1.807, 2.05) is 0 Å². The molecular weight excluding hydrogens is 234 g/mol. The van der Waals surface area contributed by atoms with Crippen LogP contribution in [0.1, 0.15) is 59.4 Å². The summed E-state index contributed by atoms with van der Waals surface area (Å²) in [7, 11) is 0. The van der Waals surface area contributed by atoms with Crippen molar-refractivity contribution < 1.29 is 4.74 Å². The Bertz CT molecular complexity index is 362. The third-order valence-corrected chi connectivity index (χ3v) is 3.16. The van der Waals surface area contributed by atoms with E-state index in [-0.39, 0.29) is 11.6 Å². The van der Waals surface area contributed by atoms with Gasteiger partial charge in [-0.3, -0.25) is 0 Å². The van der Waals surface area contributed by atoms with Gasteiger partial charge in [-0.25, -0.2) is 0 Å². The third-order valence-electron chi connectivity index (χ3n) is 3.16. The molecule has 0 fully saturated rings. The van der Waals surface area contributed by atoms with Gasteiger partial charge in [0.1, 0.15) is 11.9 Å². The molecule has 108 valence electrons. The number of benzene rings is 1. The van der Waals surface area contributed by atoms with Crippen LogP contribution in [0.5, 0.6) is 5.75 Å². The van der Waals surface area contributed by atoms with Crippen molar-refractivity contribution in [3.8, 4) is 5.75 Å². The van der Waals surface area contributed by atoms with Crippen LogP contribution < -0.4 is 10.1 Å². The Labute approximate surface area is 118 Å². The van der Waals surface area contributed by atoms with Crippen LogP contribution in [-0.2, 0) is 0 Å². The van der Waals surface area contributed by atoms with Gasteiger partial charge in [0, 0.05) is 12.1 Å². The Balaban J connectivity index is 2.55. The fourth-order valence-corrected chi connectivity index (χ4v) is 1.81. The lowest BCUT2D eigenvalue weighted by Crippen LogP contribution is -2.42. The zero-order valence-corrected chi connectivity index (χ0v) is 13.3. The monoisotopic (exact) mass is 263 g/mol. The van der Waals surface area contributed by atoms with Crippen LogP contribution in [0.4, 0.5) is 0 Å². The maximum Gasteiger partial charge on any atom is 0.119 e. The molecule has 19 heavy (non-hydrogen) atoms. The molecule has 2 heteroatoms. The molecule has 1 atom stereocenters. The van der Waals surface area contributed by atoms with Gasteiger partial charge < -0.3 is 10.1 Å². The van der Waals surface area contributed by atoms with Crippen molar-refractivity contribution in [3.05, 3.63) is 29.8 Å². The topological polar surface area (TPSA) is 21.3 Å². The van der Waals surface area contributed by atoms with Gasteiger partial charge in [0.25, 0.3) is 0 Å². The highest BCUT2D eigenvalue weighted by molar-refractivity contribution is 5.29. The standard InChI is InChI=1S/C17H29NO/c1-7-15(12-18-17(4,5)6)19-16-10-8-14(9-11-16)13(2)3/h8-11,13,15,18H,7,12H2,1-6H3. The molecule has 0 aliphatic rings. The molecule has 1 rings (SSSR count). The fourth-order valence-electron chi connectivity index (χ4n) is 1.81. The first-order valence-corrected chi connectivity index (χ1v) is 7.33. The summed E-state index contributed by atoms with van der Waals surface area (Å²) in [6.45, 7) is 14.0. The predicted molar refractivity (Wildman–Crippen MR) is 83.0 cm³/mol. The van der Waals surface area contributed by atoms with Gasteiger partial charge in [0.15, 0.2) is 0 Å². The highest BCUT2D eigenvalue weighted by Crippen LogP contribution is 2.20. The largest absolute Gasteiger partial charge is 0.489 e. The molecule has 0 spiro atoms. The molecule has 0 aliphatic carbocycles. The highest BCUT2D eigenvalue weighted by atomic mass is 16.5. The molecule has 0 bridgehead atoms. The second kappa shape index (κ2) is 6.95. The Morgan fingerprint density at radius 3 is 2.11 bits per heavy atom. The van der Waals surface area contributed by atoms with E-state index >= 15 is 0 Å². The normalized spacial score (nSPS) is 13.6. The van der Waals surface area contributed by atoms with Gasteiger partial charge in [0.05, 0.1) is 0 Å². The smallest absolute Gasteiger partial charge is 0.119 e. The summed E-state index contributed by atoms with van der Waals surface area (Å²) in [6, 6.07) is 8.47. The molecular formula is C17H29NO.